The highest BCUT2D eigenvalue weighted by Gasteiger charge is 2.24. The van der Waals surface area contributed by atoms with Gasteiger partial charge in [-0.1, -0.05) is 78.9 Å². The van der Waals surface area contributed by atoms with Gasteiger partial charge in [-0.15, -0.1) is 0 Å². The summed E-state index contributed by atoms with van der Waals surface area (Å²) >= 11 is 0. The molecule has 8 rings (SSSR count). The summed E-state index contributed by atoms with van der Waals surface area (Å²) in [6.45, 7) is 3.95. The number of benzene rings is 5. The lowest BCUT2D eigenvalue weighted by molar-refractivity contribution is 0.968. The van der Waals surface area contributed by atoms with Gasteiger partial charge < -0.3 is 9.13 Å². The second-order valence-corrected chi connectivity index (χ2v) is 12.5. The van der Waals surface area contributed by atoms with Gasteiger partial charge in [-0.05, 0) is 91.9 Å². The molecule has 0 spiro atoms. The minimum absolute atomic E-state index is 0.403. The lowest BCUT2D eigenvalue weighted by atomic mass is 9.93. The Kier molecular flexibility index (Phi) is 7.49. The van der Waals surface area contributed by atoms with Crippen molar-refractivity contribution in [1.29, 1.82) is 15.8 Å². The second-order valence-electron chi connectivity index (χ2n) is 12.5. The zero-order valence-corrected chi connectivity index (χ0v) is 27.8. The fourth-order valence-corrected chi connectivity index (χ4v) is 7.66. The van der Waals surface area contributed by atoms with Crippen molar-refractivity contribution in [3.8, 4) is 51.8 Å². The Labute approximate surface area is 291 Å². The van der Waals surface area contributed by atoms with Crippen LogP contribution in [0.5, 0.6) is 0 Å². The summed E-state index contributed by atoms with van der Waals surface area (Å²) in [6.07, 6.45) is 10.5. The van der Waals surface area contributed by atoms with Crippen molar-refractivity contribution >= 4 is 34.0 Å². The number of allylic oxidation sites excluding steroid dienone is 2. The largest absolute Gasteiger partial charge is 0.311 e. The molecule has 5 heteroatoms. The quantitative estimate of drug-likeness (QED) is 0.187. The van der Waals surface area contributed by atoms with E-state index in [0.717, 1.165) is 62.9 Å². The average Bonchev–Trinajstić information content (AvgIpc) is 3.64. The molecule has 0 saturated carbocycles. The molecule has 0 unspecified atom stereocenters. The molecule has 2 aromatic heterocycles. The van der Waals surface area contributed by atoms with Crippen molar-refractivity contribution in [1.82, 2.24) is 9.13 Å². The highest BCUT2D eigenvalue weighted by atomic mass is 15.0. The van der Waals surface area contributed by atoms with Crippen molar-refractivity contribution in [3.05, 3.63) is 154 Å². The van der Waals surface area contributed by atoms with Gasteiger partial charge in [0.05, 0.1) is 45.2 Å². The Morgan fingerprint density at radius 1 is 0.700 bits per heavy atom. The van der Waals surface area contributed by atoms with Crippen LogP contribution in [0.4, 0.5) is 0 Å². The number of hydrogen-bond donors (Lipinski definition) is 0. The molecule has 236 valence electrons. The minimum atomic E-state index is 0.403. The molecule has 0 fully saturated rings. The van der Waals surface area contributed by atoms with Crippen molar-refractivity contribution in [3.63, 3.8) is 0 Å². The van der Waals surface area contributed by atoms with Crippen LogP contribution < -0.4 is 0 Å². The summed E-state index contributed by atoms with van der Waals surface area (Å²) in [5.41, 5.74) is 13.2. The molecule has 0 aliphatic heterocycles. The van der Waals surface area contributed by atoms with Gasteiger partial charge in [-0.3, -0.25) is 0 Å². The third-order valence-electron chi connectivity index (χ3n) is 9.84. The van der Waals surface area contributed by atoms with Gasteiger partial charge in [0.15, 0.2) is 0 Å². The van der Waals surface area contributed by atoms with Crippen LogP contribution in [0.1, 0.15) is 52.5 Å². The number of aryl methyl sites for hydroxylation is 1. The van der Waals surface area contributed by atoms with E-state index in [1.807, 2.05) is 60.9 Å². The second kappa shape index (κ2) is 12.3. The van der Waals surface area contributed by atoms with E-state index in [0.29, 0.717) is 22.4 Å². The molecular weight excluding hydrogens is 611 g/mol. The van der Waals surface area contributed by atoms with Crippen molar-refractivity contribution < 1.29 is 0 Å². The number of rotatable bonds is 5. The smallest absolute Gasteiger partial charge is 0.102 e. The molecular formula is C45H31N5. The minimum Gasteiger partial charge on any atom is -0.311 e. The van der Waals surface area contributed by atoms with E-state index < -0.39 is 0 Å². The van der Waals surface area contributed by atoms with Crippen molar-refractivity contribution in [2.45, 2.75) is 26.7 Å². The standard InChI is InChI=1S/C45H31N5/c1-3-11-34-29(2)49(44-23-20-30(26-46)24-39(34)44)45-33(27-47)21-22-35(40(45)28-48)31-12-10-13-32(25-31)36-14-4-7-17-41(36)50-42-18-8-5-15-37(42)38-16-6-9-19-43(38)50/h3-5,7-15,17-25H,6,16H2,1-2H3/b11-3-. The van der Waals surface area contributed by atoms with Gasteiger partial charge in [0.25, 0.3) is 0 Å². The summed E-state index contributed by atoms with van der Waals surface area (Å²) < 4.78 is 4.38. The lowest BCUT2D eigenvalue weighted by Gasteiger charge is -2.18. The molecule has 0 bridgehead atoms. The van der Waals surface area contributed by atoms with Crippen LogP contribution in [0.25, 0.3) is 67.6 Å². The van der Waals surface area contributed by atoms with Gasteiger partial charge in [-0.2, -0.15) is 15.8 Å². The van der Waals surface area contributed by atoms with Crippen LogP contribution in [0.15, 0.2) is 115 Å². The van der Waals surface area contributed by atoms with Crippen molar-refractivity contribution in [2.24, 2.45) is 0 Å². The molecule has 5 aromatic carbocycles. The first-order chi connectivity index (χ1) is 24.6. The fraction of sp³-hybridized carbons (Fsp3) is 0.0889. The normalized spacial score (nSPS) is 12.2. The Hall–Kier alpha value is -6.87. The monoisotopic (exact) mass is 641 g/mol. The van der Waals surface area contributed by atoms with E-state index >= 15 is 0 Å². The lowest BCUT2D eigenvalue weighted by Crippen LogP contribution is -2.05. The third kappa shape index (κ3) is 4.67. The summed E-state index contributed by atoms with van der Waals surface area (Å²) in [4.78, 5) is 0. The molecule has 0 atom stereocenters. The number of nitriles is 3. The molecule has 2 heterocycles. The molecule has 1 aliphatic carbocycles. The SMILES string of the molecule is C/C=C\c1c(C)n(-c2c(C#N)ccc(-c3cccc(-c4ccccc4-n4c5c(c6ccccc64)CCC=C5)c3)c2C#N)c2ccc(C#N)cc12. The fourth-order valence-electron chi connectivity index (χ4n) is 7.66. The number of para-hydroxylation sites is 2. The van der Waals surface area contributed by atoms with E-state index in [1.165, 1.54) is 22.2 Å². The molecule has 0 N–H and O–H groups in total. The Balaban J connectivity index is 1.34. The van der Waals surface area contributed by atoms with Crippen molar-refractivity contribution in [2.75, 3.05) is 0 Å². The van der Waals surface area contributed by atoms with Gasteiger partial charge in [0, 0.05) is 38.9 Å². The maximum Gasteiger partial charge on any atom is 0.102 e. The van der Waals surface area contributed by atoms with Crippen LogP contribution in [-0.2, 0) is 6.42 Å². The molecule has 0 amide bonds. The maximum atomic E-state index is 10.8. The first-order valence-corrected chi connectivity index (χ1v) is 16.7. The molecule has 7 aromatic rings. The highest BCUT2D eigenvalue weighted by molar-refractivity contribution is 5.96. The number of fused-ring (bicyclic) bond motifs is 4. The number of nitrogens with zero attached hydrogens (tertiary/aromatic N) is 5. The zero-order valence-electron chi connectivity index (χ0n) is 27.8. The Morgan fingerprint density at radius 2 is 1.48 bits per heavy atom. The first-order valence-electron chi connectivity index (χ1n) is 16.7. The van der Waals surface area contributed by atoms with E-state index in [1.54, 1.807) is 12.1 Å². The predicted molar refractivity (Wildman–Crippen MR) is 202 cm³/mol. The Morgan fingerprint density at radius 3 is 2.28 bits per heavy atom. The van der Waals surface area contributed by atoms with Crippen LogP contribution in [0, 0.1) is 40.9 Å². The van der Waals surface area contributed by atoms with Crippen LogP contribution in [0.3, 0.4) is 0 Å². The Bertz CT molecular complexity index is 2710. The average molecular weight is 642 g/mol. The van der Waals surface area contributed by atoms with Crippen LogP contribution in [-0.4, -0.2) is 9.13 Å². The van der Waals surface area contributed by atoms with Crippen LogP contribution in [0.2, 0.25) is 0 Å². The number of hydrogen-bond acceptors (Lipinski definition) is 3. The van der Waals surface area contributed by atoms with Gasteiger partial charge in [0.2, 0.25) is 0 Å². The topological polar surface area (TPSA) is 81.2 Å². The van der Waals surface area contributed by atoms with Gasteiger partial charge in [-0.25, -0.2) is 0 Å². The molecule has 5 nitrogen and oxygen atoms in total. The summed E-state index contributed by atoms with van der Waals surface area (Å²) in [5, 5.41) is 33.0. The van der Waals surface area contributed by atoms with E-state index in [9.17, 15) is 15.8 Å². The summed E-state index contributed by atoms with van der Waals surface area (Å²) in [7, 11) is 0. The molecule has 50 heavy (non-hydrogen) atoms. The zero-order chi connectivity index (χ0) is 34.4. The van der Waals surface area contributed by atoms with Gasteiger partial charge in [0.1, 0.15) is 12.1 Å². The van der Waals surface area contributed by atoms with E-state index in [-0.39, 0.29) is 0 Å². The molecule has 0 saturated heterocycles. The number of aromatic nitrogens is 2. The summed E-state index contributed by atoms with van der Waals surface area (Å²) in [5.74, 6) is 0. The molecule has 0 radical (unpaired) electrons. The first kappa shape index (κ1) is 30.5. The van der Waals surface area contributed by atoms with E-state index in [2.05, 4.69) is 95.6 Å². The maximum absolute atomic E-state index is 10.8. The van der Waals surface area contributed by atoms with E-state index in [4.69, 9.17) is 0 Å². The third-order valence-corrected chi connectivity index (χ3v) is 9.84. The summed E-state index contributed by atoms with van der Waals surface area (Å²) in [6, 6.07) is 41.8. The molecule has 1 aliphatic rings. The predicted octanol–water partition coefficient (Wildman–Crippen LogP) is 10.8. The van der Waals surface area contributed by atoms with Gasteiger partial charge >= 0.3 is 0 Å². The highest BCUT2D eigenvalue weighted by Crippen LogP contribution is 2.40. The van der Waals surface area contributed by atoms with Crippen LogP contribution >= 0.6 is 0 Å².